The van der Waals surface area contributed by atoms with Crippen molar-refractivity contribution in [3.05, 3.63) is 36.1 Å². The van der Waals surface area contributed by atoms with Crippen LogP contribution in [0.5, 0.6) is 11.6 Å². The van der Waals surface area contributed by atoms with Crippen LogP contribution in [0.4, 0.5) is 16.2 Å². The van der Waals surface area contributed by atoms with E-state index in [0.29, 0.717) is 17.4 Å². The van der Waals surface area contributed by atoms with Gasteiger partial charge in [0.05, 0.1) is 0 Å². The fraction of sp³-hybridized carbons (Fsp3) is 0.0909. The smallest absolute Gasteiger partial charge is 0.226 e. The predicted molar refractivity (Wildman–Crippen MR) is 62.5 cm³/mol. The lowest BCUT2D eigenvalue weighted by molar-refractivity contribution is 0.461. The fourth-order valence-corrected chi connectivity index (χ4v) is 1.25. The molecule has 0 spiro atoms. The number of benzene rings is 1. The summed E-state index contributed by atoms with van der Waals surface area (Å²) >= 11 is 0. The third kappa shape index (κ3) is 2.81. The molecule has 0 saturated heterocycles. The lowest BCUT2D eigenvalue weighted by Gasteiger charge is -2.06. The second-order valence-electron chi connectivity index (χ2n) is 3.26. The van der Waals surface area contributed by atoms with Crippen LogP contribution >= 0.6 is 0 Å². The number of rotatable bonds is 3. The first-order valence-corrected chi connectivity index (χ1v) is 4.93. The van der Waals surface area contributed by atoms with Gasteiger partial charge in [0.15, 0.2) is 0 Å². The molecule has 0 aliphatic rings. The van der Waals surface area contributed by atoms with Crippen molar-refractivity contribution in [1.29, 1.82) is 0 Å². The van der Waals surface area contributed by atoms with E-state index in [4.69, 9.17) is 10.5 Å². The molecule has 3 N–H and O–H groups in total. The van der Waals surface area contributed by atoms with Crippen molar-refractivity contribution in [2.75, 3.05) is 18.1 Å². The van der Waals surface area contributed by atoms with Crippen molar-refractivity contribution in [2.24, 2.45) is 0 Å². The summed E-state index contributed by atoms with van der Waals surface area (Å²) in [6, 6.07) is 7.22. The Kier molecular flexibility index (Phi) is 3.04. The molecule has 0 unspecified atom stereocenters. The number of hydrogen-bond donors (Lipinski definition) is 2. The van der Waals surface area contributed by atoms with Gasteiger partial charge in [-0.05, 0) is 24.3 Å². The number of ether oxygens (including phenoxy) is 1. The topological polar surface area (TPSA) is 73.1 Å². The quantitative estimate of drug-likeness (QED) is 0.850. The average molecular weight is 234 g/mol. The number of anilines is 2. The normalized spacial score (nSPS) is 10.0. The van der Waals surface area contributed by atoms with E-state index in [9.17, 15) is 4.39 Å². The lowest BCUT2D eigenvalue weighted by atomic mass is 10.3. The molecule has 5 nitrogen and oxygen atoms in total. The van der Waals surface area contributed by atoms with Crippen LogP contribution in [0.2, 0.25) is 0 Å². The van der Waals surface area contributed by atoms with Gasteiger partial charge in [-0.2, -0.15) is 9.97 Å². The number of aromatic nitrogens is 2. The molecule has 6 heteroatoms. The Bertz CT molecular complexity index is 515. The van der Waals surface area contributed by atoms with Crippen molar-refractivity contribution in [2.45, 2.75) is 0 Å². The van der Waals surface area contributed by atoms with Crippen LogP contribution in [0.1, 0.15) is 0 Å². The van der Waals surface area contributed by atoms with Gasteiger partial charge in [0.25, 0.3) is 0 Å². The fourth-order valence-electron chi connectivity index (χ4n) is 1.25. The zero-order valence-corrected chi connectivity index (χ0v) is 9.14. The molecule has 2 aromatic rings. The van der Waals surface area contributed by atoms with E-state index in [1.54, 1.807) is 13.1 Å². The number of nitrogens with zero attached hydrogens (tertiary/aromatic N) is 2. The molecule has 0 atom stereocenters. The zero-order chi connectivity index (χ0) is 12.3. The highest BCUT2D eigenvalue weighted by Gasteiger charge is 2.03. The zero-order valence-electron chi connectivity index (χ0n) is 9.14. The minimum Gasteiger partial charge on any atom is -0.439 e. The SMILES string of the molecule is CNc1cc(Oc2ccc(F)cc2)nc(N)n1. The summed E-state index contributed by atoms with van der Waals surface area (Å²) in [4.78, 5) is 7.83. The highest BCUT2D eigenvalue weighted by Crippen LogP contribution is 2.22. The summed E-state index contributed by atoms with van der Waals surface area (Å²) in [6.07, 6.45) is 0. The first-order chi connectivity index (χ1) is 8.17. The monoisotopic (exact) mass is 234 g/mol. The largest absolute Gasteiger partial charge is 0.439 e. The molecule has 88 valence electrons. The Morgan fingerprint density at radius 1 is 1.24 bits per heavy atom. The van der Waals surface area contributed by atoms with Gasteiger partial charge in [-0.3, -0.25) is 0 Å². The lowest BCUT2D eigenvalue weighted by Crippen LogP contribution is -2.01. The Labute approximate surface area is 97.5 Å². The van der Waals surface area contributed by atoms with Crippen LogP contribution in [0.3, 0.4) is 0 Å². The van der Waals surface area contributed by atoms with Crippen LogP contribution < -0.4 is 15.8 Å². The van der Waals surface area contributed by atoms with Crippen molar-refractivity contribution >= 4 is 11.8 Å². The van der Waals surface area contributed by atoms with Gasteiger partial charge in [0, 0.05) is 13.1 Å². The average Bonchev–Trinajstić information content (AvgIpc) is 2.31. The molecule has 17 heavy (non-hydrogen) atoms. The molecule has 0 aliphatic heterocycles. The third-order valence-electron chi connectivity index (χ3n) is 2.01. The van der Waals surface area contributed by atoms with Crippen LogP contribution in [-0.2, 0) is 0 Å². The van der Waals surface area contributed by atoms with E-state index in [0.717, 1.165) is 0 Å². The number of hydrogen-bond acceptors (Lipinski definition) is 5. The van der Waals surface area contributed by atoms with E-state index in [-0.39, 0.29) is 11.8 Å². The van der Waals surface area contributed by atoms with Crippen LogP contribution in [-0.4, -0.2) is 17.0 Å². The van der Waals surface area contributed by atoms with Crippen molar-refractivity contribution in [1.82, 2.24) is 9.97 Å². The maximum Gasteiger partial charge on any atom is 0.226 e. The minimum atomic E-state index is -0.324. The maximum atomic E-state index is 12.7. The third-order valence-corrected chi connectivity index (χ3v) is 2.01. The molecule has 0 amide bonds. The summed E-state index contributed by atoms with van der Waals surface area (Å²) < 4.78 is 18.1. The van der Waals surface area contributed by atoms with E-state index < -0.39 is 0 Å². The van der Waals surface area contributed by atoms with Gasteiger partial charge in [-0.15, -0.1) is 0 Å². The van der Waals surface area contributed by atoms with E-state index in [2.05, 4.69) is 15.3 Å². The number of halogens is 1. The molecule has 2 rings (SSSR count). The number of nitrogens with two attached hydrogens (primary N) is 1. The van der Waals surface area contributed by atoms with Gasteiger partial charge in [-0.1, -0.05) is 0 Å². The minimum absolute atomic E-state index is 0.106. The summed E-state index contributed by atoms with van der Waals surface area (Å²) in [5, 5.41) is 2.83. The van der Waals surface area contributed by atoms with Gasteiger partial charge in [0.1, 0.15) is 17.4 Å². The van der Waals surface area contributed by atoms with Gasteiger partial charge >= 0.3 is 0 Å². The highest BCUT2D eigenvalue weighted by molar-refractivity contribution is 5.43. The molecular weight excluding hydrogens is 223 g/mol. The summed E-state index contributed by atoms with van der Waals surface area (Å²) in [5.74, 6) is 1.11. The first-order valence-electron chi connectivity index (χ1n) is 4.93. The van der Waals surface area contributed by atoms with Crippen molar-refractivity contribution < 1.29 is 9.13 Å². The molecule has 0 bridgehead atoms. The molecule has 1 aromatic carbocycles. The standard InChI is InChI=1S/C11H11FN4O/c1-14-9-6-10(16-11(13)15-9)17-8-4-2-7(12)3-5-8/h2-6H,1H3,(H3,13,14,15,16). The highest BCUT2D eigenvalue weighted by atomic mass is 19.1. The van der Waals surface area contributed by atoms with E-state index in [1.165, 1.54) is 24.3 Å². The van der Waals surface area contributed by atoms with Crippen molar-refractivity contribution in [3.63, 3.8) is 0 Å². The molecule has 0 saturated carbocycles. The van der Waals surface area contributed by atoms with Crippen LogP contribution in [0, 0.1) is 5.82 Å². The molecule has 1 heterocycles. The molecule has 0 fully saturated rings. The van der Waals surface area contributed by atoms with Crippen molar-refractivity contribution in [3.8, 4) is 11.6 Å². The Hall–Kier alpha value is -2.37. The van der Waals surface area contributed by atoms with Crippen LogP contribution in [0.15, 0.2) is 30.3 Å². The van der Waals surface area contributed by atoms with Gasteiger partial charge < -0.3 is 15.8 Å². The number of nitrogen functional groups attached to an aromatic ring is 1. The molecule has 1 aromatic heterocycles. The molecule has 0 aliphatic carbocycles. The summed E-state index contributed by atoms with van der Waals surface area (Å²) in [6.45, 7) is 0. The number of nitrogens with one attached hydrogen (secondary N) is 1. The Morgan fingerprint density at radius 2 is 1.94 bits per heavy atom. The van der Waals surface area contributed by atoms with E-state index >= 15 is 0 Å². The van der Waals surface area contributed by atoms with Gasteiger partial charge in [-0.25, -0.2) is 4.39 Å². The summed E-state index contributed by atoms with van der Waals surface area (Å²) in [5.41, 5.74) is 5.51. The predicted octanol–water partition coefficient (Wildman–Crippen LogP) is 2.03. The van der Waals surface area contributed by atoms with Gasteiger partial charge in [0.2, 0.25) is 11.8 Å². The molecular formula is C11H11FN4O. The van der Waals surface area contributed by atoms with E-state index in [1.807, 2.05) is 0 Å². The molecule has 0 radical (unpaired) electrons. The first kappa shape index (κ1) is 11.1. The second kappa shape index (κ2) is 4.65. The maximum absolute atomic E-state index is 12.7. The Morgan fingerprint density at radius 3 is 2.59 bits per heavy atom. The van der Waals surface area contributed by atoms with Crippen LogP contribution in [0.25, 0.3) is 0 Å². The Balaban J connectivity index is 2.23. The summed E-state index contributed by atoms with van der Waals surface area (Å²) in [7, 11) is 1.71. The second-order valence-corrected chi connectivity index (χ2v) is 3.26.